The summed E-state index contributed by atoms with van der Waals surface area (Å²) in [5.74, 6) is 0.567. The molecule has 1 amide bonds. The van der Waals surface area contributed by atoms with Crippen LogP contribution >= 0.6 is 23.4 Å². The largest absolute Gasteiger partial charge is 0.324 e. The average molecular weight is 424 g/mol. The van der Waals surface area contributed by atoms with Crippen molar-refractivity contribution in [2.75, 3.05) is 11.1 Å². The van der Waals surface area contributed by atoms with Crippen LogP contribution in [0, 0.1) is 18.3 Å². The van der Waals surface area contributed by atoms with E-state index in [-0.39, 0.29) is 11.7 Å². The minimum Gasteiger partial charge on any atom is -0.324 e. The number of aryl methyl sites for hydroxylation is 1. The van der Waals surface area contributed by atoms with Gasteiger partial charge in [0.2, 0.25) is 5.91 Å². The molecular weight excluding hydrogens is 406 g/mol. The van der Waals surface area contributed by atoms with Gasteiger partial charge in [-0.25, -0.2) is 0 Å². The first-order valence-corrected chi connectivity index (χ1v) is 10.1. The Labute approximate surface area is 178 Å². The van der Waals surface area contributed by atoms with Crippen LogP contribution in [-0.2, 0) is 11.3 Å². The van der Waals surface area contributed by atoms with Crippen molar-refractivity contribution in [2.24, 2.45) is 0 Å². The molecule has 3 rings (SSSR count). The molecule has 0 unspecified atom stereocenters. The smallest absolute Gasteiger partial charge is 0.234 e. The van der Waals surface area contributed by atoms with Gasteiger partial charge in [-0.05, 0) is 31.2 Å². The number of nitriles is 1. The molecule has 0 spiro atoms. The SMILES string of the molecule is C=CCn1c(SCC(=O)Nc2cc(Cl)ccc2C#N)nnc1-c1cccc(C)c1. The van der Waals surface area contributed by atoms with Crippen LogP contribution in [0.15, 0.2) is 60.3 Å². The second-order valence-corrected chi connectivity index (χ2v) is 7.59. The third-order valence-electron chi connectivity index (χ3n) is 4.01. The summed E-state index contributed by atoms with van der Waals surface area (Å²) in [6.45, 7) is 6.34. The molecule has 3 aromatic rings. The lowest BCUT2D eigenvalue weighted by molar-refractivity contribution is -0.113. The Kier molecular flexibility index (Phi) is 6.70. The molecule has 2 aromatic carbocycles. The zero-order valence-electron chi connectivity index (χ0n) is 15.7. The molecule has 29 heavy (non-hydrogen) atoms. The van der Waals surface area contributed by atoms with Gasteiger partial charge in [0.1, 0.15) is 6.07 Å². The van der Waals surface area contributed by atoms with Crippen LogP contribution in [0.1, 0.15) is 11.1 Å². The summed E-state index contributed by atoms with van der Waals surface area (Å²) in [6, 6.07) is 14.8. The highest BCUT2D eigenvalue weighted by Crippen LogP contribution is 2.25. The fraction of sp³-hybridized carbons (Fsp3) is 0.143. The number of nitrogens with one attached hydrogen (secondary N) is 1. The van der Waals surface area contributed by atoms with Crippen molar-refractivity contribution in [3.63, 3.8) is 0 Å². The van der Waals surface area contributed by atoms with Gasteiger partial charge in [-0.1, -0.05) is 53.2 Å². The number of hydrogen-bond acceptors (Lipinski definition) is 5. The molecule has 1 N–H and O–H groups in total. The minimum atomic E-state index is -0.265. The van der Waals surface area contributed by atoms with E-state index in [1.54, 1.807) is 24.3 Å². The number of carbonyl (C=O) groups is 1. The standard InChI is InChI=1S/C21H18ClN5OS/c1-3-9-27-20(15-6-4-5-14(2)10-15)25-26-21(27)29-13-19(28)24-18-11-17(22)8-7-16(18)12-23/h3-8,10-11H,1,9,13H2,2H3,(H,24,28). The highest BCUT2D eigenvalue weighted by molar-refractivity contribution is 7.99. The van der Waals surface area contributed by atoms with E-state index in [0.717, 1.165) is 17.0 Å². The highest BCUT2D eigenvalue weighted by Gasteiger charge is 2.16. The topological polar surface area (TPSA) is 83.6 Å². The predicted molar refractivity (Wildman–Crippen MR) is 116 cm³/mol. The number of anilines is 1. The van der Waals surface area contributed by atoms with Gasteiger partial charge in [-0.15, -0.1) is 16.8 Å². The van der Waals surface area contributed by atoms with Crippen LogP contribution in [0.5, 0.6) is 0 Å². The van der Waals surface area contributed by atoms with Crippen LogP contribution in [-0.4, -0.2) is 26.4 Å². The maximum atomic E-state index is 12.4. The number of thioether (sulfide) groups is 1. The van der Waals surface area contributed by atoms with Gasteiger partial charge in [0, 0.05) is 17.1 Å². The molecule has 8 heteroatoms. The molecule has 0 fully saturated rings. The van der Waals surface area contributed by atoms with Crippen LogP contribution in [0.3, 0.4) is 0 Å². The first-order valence-electron chi connectivity index (χ1n) is 8.75. The molecule has 1 heterocycles. The van der Waals surface area contributed by atoms with E-state index in [1.165, 1.54) is 11.8 Å². The van der Waals surface area contributed by atoms with E-state index >= 15 is 0 Å². The molecule has 0 aliphatic rings. The summed E-state index contributed by atoms with van der Waals surface area (Å²) < 4.78 is 1.92. The molecule has 0 saturated carbocycles. The summed E-state index contributed by atoms with van der Waals surface area (Å²) in [7, 11) is 0. The lowest BCUT2D eigenvalue weighted by atomic mass is 10.1. The van der Waals surface area contributed by atoms with Gasteiger partial charge in [0.25, 0.3) is 0 Å². The Bertz CT molecular complexity index is 1100. The van der Waals surface area contributed by atoms with Crippen molar-refractivity contribution in [2.45, 2.75) is 18.6 Å². The van der Waals surface area contributed by atoms with E-state index in [4.69, 9.17) is 11.6 Å². The number of allylic oxidation sites excluding steroid dienone is 1. The van der Waals surface area contributed by atoms with Crippen molar-refractivity contribution in [1.29, 1.82) is 5.26 Å². The highest BCUT2D eigenvalue weighted by atomic mass is 35.5. The lowest BCUT2D eigenvalue weighted by Crippen LogP contribution is -2.15. The first kappa shape index (κ1) is 20.6. The number of benzene rings is 2. The van der Waals surface area contributed by atoms with Crippen molar-refractivity contribution in [1.82, 2.24) is 14.8 Å². The second-order valence-electron chi connectivity index (χ2n) is 6.21. The summed E-state index contributed by atoms with van der Waals surface area (Å²) in [5, 5.41) is 21.5. The number of aromatic nitrogens is 3. The normalized spacial score (nSPS) is 10.4. The van der Waals surface area contributed by atoms with Gasteiger partial charge in [0.15, 0.2) is 11.0 Å². The molecule has 0 bridgehead atoms. The number of hydrogen-bond donors (Lipinski definition) is 1. The quantitative estimate of drug-likeness (QED) is 0.440. The van der Waals surface area contributed by atoms with Crippen LogP contribution < -0.4 is 5.32 Å². The van der Waals surface area contributed by atoms with E-state index in [9.17, 15) is 10.1 Å². The summed E-state index contributed by atoms with van der Waals surface area (Å²) in [6.07, 6.45) is 1.76. The maximum absolute atomic E-state index is 12.4. The Hall–Kier alpha value is -3.08. The Morgan fingerprint density at radius 3 is 2.90 bits per heavy atom. The number of halogens is 1. The molecule has 0 aliphatic carbocycles. The van der Waals surface area contributed by atoms with E-state index < -0.39 is 0 Å². The lowest BCUT2D eigenvalue weighted by Gasteiger charge is -2.09. The predicted octanol–water partition coefficient (Wildman–Crippen LogP) is 4.70. The number of carbonyl (C=O) groups excluding carboxylic acids is 1. The summed E-state index contributed by atoms with van der Waals surface area (Å²) in [4.78, 5) is 12.4. The second kappa shape index (κ2) is 9.41. The molecule has 0 saturated heterocycles. The third-order valence-corrected chi connectivity index (χ3v) is 5.22. The van der Waals surface area contributed by atoms with E-state index in [2.05, 4.69) is 22.1 Å². The Morgan fingerprint density at radius 1 is 1.34 bits per heavy atom. The molecule has 1 aromatic heterocycles. The van der Waals surface area contributed by atoms with Gasteiger partial charge >= 0.3 is 0 Å². The third kappa shape index (κ3) is 5.05. The van der Waals surface area contributed by atoms with Gasteiger partial charge in [0.05, 0.1) is 17.0 Å². The van der Waals surface area contributed by atoms with Gasteiger partial charge in [-0.3, -0.25) is 9.36 Å². The fourth-order valence-electron chi connectivity index (χ4n) is 2.72. The monoisotopic (exact) mass is 423 g/mol. The van der Waals surface area contributed by atoms with E-state index in [0.29, 0.717) is 28.0 Å². The average Bonchev–Trinajstić information content (AvgIpc) is 3.09. The zero-order chi connectivity index (χ0) is 20.8. The zero-order valence-corrected chi connectivity index (χ0v) is 17.3. The Morgan fingerprint density at radius 2 is 2.17 bits per heavy atom. The van der Waals surface area contributed by atoms with E-state index in [1.807, 2.05) is 41.8 Å². The minimum absolute atomic E-state index is 0.112. The molecule has 0 aliphatic heterocycles. The van der Waals surface area contributed by atoms with Gasteiger partial charge in [-0.2, -0.15) is 5.26 Å². The van der Waals surface area contributed by atoms with Crippen molar-refractivity contribution < 1.29 is 4.79 Å². The summed E-state index contributed by atoms with van der Waals surface area (Å²) in [5.41, 5.74) is 2.82. The van der Waals surface area contributed by atoms with Crippen molar-refractivity contribution >= 4 is 35.0 Å². The van der Waals surface area contributed by atoms with Crippen molar-refractivity contribution in [3.8, 4) is 17.5 Å². The van der Waals surface area contributed by atoms with Gasteiger partial charge < -0.3 is 5.32 Å². The number of amides is 1. The fourth-order valence-corrected chi connectivity index (χ4v) is 3.64. The van der Waals surface area contributed by atoms with Crippen LogP contribution in [0.4, 0.5) is 5.69 Å². The van der Waals surface area contributed by atoms with Crippen LogP contribution in [0.2, 0.25) is 5.02 Å². The summed E-state index contributed by atoms with van der Waals surface area (Å²) >= 11 is 7.23. The molecule has 6 nitrogen and oxygen atoms in total. The first-order chi connectivity index (χ1) is 14.0. The molecule has 0 radical (unpaired) electrons. The Balaban J connectivity index is 1.75. The number of nitrogens with zero attached hydrogens (tertiary/aromatic N) is 4. The number of rotatable bonds is 7. The molecular formula is C21H18ClN5OS. The van der Waals surface area contributed by atoms with Crippen molar-refractivity contribution in [3.05, 3.63) is 71.3 Å². The van der Waals surface area contributed by atoms with Crippen LogP contribution in [0.25, 0.3) is 11.4 Å². The molecule has 146 valence electrons. The molecule has 0 atom stereocenters. The maximum Gasteiger partial charge on any atom is 0.234 e.